The van der Waals surface area contributed by atoms with Crippen molar-refractivity contribution < 1.29 is 9.84 Å². The monoisotopic (exact) mass is 315 g/mol. The number of likely N-dealkylation sites (tertiary alicyclic amines) is 1. The van der Waals surface area contributed by atoms with Gasteiger partial charge in [0.05, 0.1) is 19.4 Å². The summed E-state index contributed by atoms with van der Waals surface area (Å²) in [5, 5.41) is 16.8. The van der Waals surface area contributed by atoms with Crippen LogP contribution in [-0.2, 0) is 13.2 Å². The van der Waals surface area contributed by atoms with Gasteiger partial charge in [-0.05, 0) is 50.1 Å². The highest BCUT2D eigenvalue weighted by Crippen LogP contribution is 2.29. The van der Waals surface area contributed by atoms with Gasteiger partial charge < -0.3 is 9.84 Å². The van der Waals surface area contributed by atoms with Crippen molar-refractivity contribution in [1.29, 1.82) is 0 Å². The molecule has 2 heterocycles. The van der Waals surface area contributed by atoms with Gasteiger partial charge in [0.25, 0.3) is 0 Å². The first-order valence-electron chi connectivity index (χ1n) is 8.29. The largest absolute Gasteiger partial charge is 0.494 e. The van der Waals surface area contributed by atoms with Gasteiger partial charge in [0.15, 0.2) is 0 Å². The summed E-state index contributed by atoms with van der Waals surface area (Å²) in [5.74, 6) is 1.32. The number of aromatic amines is 1. The van der Waals surface area contributed by atoms with E-state index in [9.17, 15) is 5.11 Å². The first-order chi connectivity index (χ1) is 11.2. The minimum Gasteiger partial charge on any atom is -0.494 e. The van der Waals surface area contributed by atoms with Crippen LogP contribution in [0.15, 0.2) is 24.4 Å². The number of rotatable bonds is 6. The average Bonchev–Trinajstić information content (AvgIpc) is 3.17. The molecule has 124 valence electrons. The first-order valence-corrected chi connectivity index (χ1v) is 8.29. The molecule has 1 atom stereocenters. The van der Waals surface area contributed by atoms with E-state index < -0.39 is 0 Å². The molecule has 1 aromatic carbocycles. The van der Waals surface area contributed by atoms with Crippen molar-refractivity contribution in [2.75, 3.05) is 19.7 Å². The Bertz CT molecular complexity index is 653. The molecule has 5 heteroatoms. The molecule has 0 amide bonds. The van der Waals surface area contributed by atoms with Crippen LogP contribution in [0, 0.1) is 6.92 Å². The molecular formula is C18H25N3O2. The summed E-state index contributed by atoms with van der Waals surface area (Å²) in [6.07, 6.45) is 3.06. The maximum atomic E-state index is 9.52. The third-order valence-corrected chi connectivity index (χ3v) is 4.55. The van der Waals surface area contributed by atoms with Gasteiger partial charge in [-0.25, -0.2) is 0 Å². The van der Waals surface area contributed by atoms with E-state index in [1.54, 1.807) is 0 Å². The predicted octanol–water partition coefficient (Wildman–Crippen LogP) is 2.60. The molecule has 2 N–H and O–H groups in total. The number of hydrogen-bond acceptors (Lipinski definition) is 4. The van der Waals surface area contributed by atoms with Gasteiger partial charge in [-0.2, -0.15) is 5.10 Å². The maximum Gasteiger partial charge on any atom is 0.124 e. The van der Waals surface area contributed by atoms with Gasteiger partial charge in [0.1, 0.15) is 5.75 Å². The van der Waals surface area contributed by atoms with E-state index in [0.717, 1.165) is 37.4 Å². The van der Waals surface area contributed by atoms with Gasteiger partial charge in [0, 0.05) is 30.3 Å². The zero-order chi connectivity index (χ0) is 16.2. The zero-order valence-electron chi connectivity index (χ0n) is 13.9. The van der Waals surface area contributed by atoms with E-state index in [2.05, 4.69) is 34.2 Å². The Morgan fingerprint density at radius 1 is 1.43 bits per heavy atom. The molecule has 0 saturated carbocycles. The fraction of sp³-hybridized carbons (Fsp3) is 0.500. The van der Waals surface area contributed by atoms with Gasteiger partial charge in [-0.3, -0.25) is 10.00 Å². The van der Waals surface area contributed by atoms with Crippen molar-refractivity contribution >= 4 is 0 Å². The van der Waals surface area contributed by atoms with E-state index in [0.29, 0.717) is 12.5 Å². The van der Waals surface area contributed by atoms with E-state index in [1.165, 1.54) is 16.8 Å². The Hall–Kier alpha value is -1.85. The van der Waals surface area contributed by atoms with Crippen LogP contribution in [0.25, 0.3) is 0 Å². The van der Waals surface area contributed by atoms with Crippen molar-refractivity contribution in [2.45, 2.75) is 39.3 Å². The standard InChI is InChI=1S/C18H25N3O2/c1-3-23-17-5-4-14(8-16(17)12-22)10-21-7-6-15(11-21)18-13(2)9-19-20-18/h4-5,8-9,15,22H,3,6-7,10-12H2,1-2H3,(H,19,20)/t15-/m0/s1. The van der Waals surface area contributed by atoms with Gasteiger partial charge in [-0.1, -0.05) is 6.07 Å². The van der Waals surface area contributed by atoms with Crippen LogP contribution < -0.4 is 4.74 Å². The molecule has 1 aliphatic rings. The Morgan fingerprint density at radius 2 is 2.30 bits per heavy atom. The Balaban J connectivity index is 1.65. The highest BCUT2D eigenvalue weighted by Gasteiger charge is 2.26. The number of nitrogens with zero attached hydrogens (tertiary/aromatic N) is 2. The molecule has 1 fully saturated rings. The SMILES string of the molecule is CCOc1ccc(CN2CC[C@H](c3[nH]ncc3C)C2)cc1CO. The van der Waals surface area contributed by atoms with Crippen molar-refractivity contribution in [3.05, 3.63) is 46.8 Å². The molecule has 2 aromatic rings. The second-order valence-corrected chi connectivity index (χ2v) is 6.22. The lowest BCUT2D eigenvalue weighted by Gasteiger charge is -2.17. The van der Waals surface area contributed by atoms with E-state index in [-0.39, 0.29) is 6.61 Å². The van der Waals surface area contributed by atoms with Crippen LogP contribution in [0.1, 0.15) is 41.6 Å². The Morgan fingerprint density at radius 3 is 3.00 bits per heavy atom. The third kappa shape index (κ3) is 3.57. The number of aliphatic hydroxyl groups excluding tert-OH is 1. The summed E-state index contributed by atoms with van der Waals surface area (Å²) in [7, 11) is 0. The first kappa shape index (κ1) is 16.0. The highest BCUT2D eigenvalue weighted by atomic mass is 16.5. The number of aryl methyl sites for hydroxylation is 1. The number of ether oxygens (including phenoxy) is 1. The molecular weight excluding hydrogens is 290 g/mol. The summed E-state index contributed by atoms with van der Waals surface area (Å²) >= 11 is 0. The molecule has 0 bridgehead atoms. The number of aromatic nitrogens is 2. The third-order valence-electron chi connectivity index (χ3n) is 4.55. The normalized spacial score (nSPS) is 18.5. The van der Waals surface area contributed by atoms with Crippen LogP contribution in [0.4, 0.5) is 0 Å². The quantitative estimate of drug-likeness (QED) is 0.860. The number of H-pyrrole nitrogens is 1. The summed E-state index contributed by atoms with van der Waals surface area (Å²) in [5.41, 5.74) is 4.61. The molecule has 0 unspecified atom stereocenters. The molecule has 1 saturated heterocycles. The molecule has 0 aliphatic carbocycles. The van der Waals surface area contributed by atoms with Crippen LogP contribution in [0.2, 0.25) is 0 Å². The highest BCUT2D eigenvalue weighted by molar-refractivity contribution is 5.37. The van der Waals surface area contributed by atoms with E-state index >= 15 is 0 Å². The summed E-state index contributed by atoms with van der Waals surface area (Å²) in [6, 6.07) is 6.12. The number of hydrogen-bond donors (Lipinski definition) is 2. The fourth-order valence-electron chi connectivity index (χ4n) is 3.39. The lowest BCUT2D eigenvalue weighted by Crippen LogP contribution is -2.20. The summed E-state index contributed by atoms with van der Waals surface area (Å²) in [4.78, 5) is 2.46. The summed E-state index contributed by atoms with van der Waals surface area (Å²) in [6.45, 7) is 7.74. The van der Waals surface area contributed by atoms with Gasteiger partial charge >= 0.3 is 0 Å². The van der Waals surface area contributed by atoms with Crippen molar-refractivity contribution in [1.82, 2.24) is 15.1 Å². The lowest BCUT2D eigenvalue weighted by molar-refractivity contribution is 0.266. The predicted molar refractivity (Wildman–Crippen MR) is 89.5 cm³/mol. The van der Waals surface area contributed by atoms with E-state index in [1.807, 2.05) is 19.2 Å². The van der Waals surface area contributed by atoms with Crippen molar-refractivity contribution in [3.8, 4) is 5.75 Å². The van der Waals surface area contributed by atoms with Crippen molar-refractivity contribution in [3.63, 3.8) is 0 Å². The zero-order valence-corrected chi connectivity index (χ0v) is 13.9. The molecule has 1 aromatic heterocycles. The fourth-order valence-corrected chi connectivity index (χ4v) is 3.39. The summed E-state index contributed by atoms with van der Waals surface area (Å²) < 4.78 is 5.55. The van der Waals surface area contributed by atoms with E-state index in [4.69, 9.17) is 4.74 Å². The van der Waals surface area contributed by atoms with Crippen LogP contribution >= 0.6 is 0 Å². The molecule has 0 spiro atoms. The average molecular weight is 315 g/mol. The molecule has 1 aliphatic heterocycles. The minimum atomic E-state index is 0.0130. The maximum absolute atomic E-state index is 9.52. The molecule has 3 rings (SSSR count). The second-order valence-electron chi connectivity index (χ2n) is 6.22. The van der Waals surface area contributed by atoms with Crippen molar-refractivity contribution in [2.24, 2.45) is 0 Å². The Kier molecular flexibility index (Phi) is 4.98. The number of benzene rings is 1. The Labute approximate surface area is 137 Å². The topological polar surface area (TPSA) is 61.4 Å². The number of aliphatic hydroxyl groups is 1. The molecule has 0 radical (unpaired) electrons. The van der Waals surface area contributed by atoms with Gasteiger partial charge in [-0.15, -0.1) is 0 Å². The lowest BCUT2D eigenvalue weighted by atomic mass is 10.0. The molecule has 23 heavy (non-hydrogen) atoms. The second kappa shape index (κ2) is 7.15. The number of nitrogens with one attached hydrogen (secondary N) is 1. The minimum absolute atomic E-state index is 0.0130. The van der Waals surface area contributed by atoms with Crippen LogP contribution in [-0.4, -0.2) is 39.9 Å². The van der Waals surface area contributed by atoms with Crippen LogP contribution in [0.3, 0.4) is 0 Å². The smallest absolute Gasteiger partial charge is 0.124 e. The van der Waals surface area contributed by atoms with Gasteiger partial charge in [0.2, 0.25) is 0 Å². The molecule has 5 nitrogen and oxygen atoms in total. The van der Waals surface area contributed by atoms with Crippen LogP contribution in [0.5, 0.6) is 5.75 Å².